The highest BCUT2D eigenvalue weighted by Gasteiger charge is 2.35. The van der Waals surface area contributed by atoms with Gasteiger partial charge in [-0.05, 0) is 38.5 Å². The molecule has 2 rings (SSSR count). The van der Waals surface area contributed by atoms with Crippen LogP contribution in [0.4, 0.5) is 0 Å². The number of amides is 1. The molecule has 110 valence electrons. The molecular weight excluding hydrogens is 242 g/mol. The number of carbonyl (C=O) groups is 1. The zero-order valence-corrected chi connectivity index (χ0v) is 12.1. The van der Waals surface area contributed by atoms with E-state index in [1.54, 1.807) is 0 Å². The van der Waals surface area contributed by atoms with Crippen LogP contribution in [0.15, 0.2) is 0 Å². The third-order valence-corrected chi connectivity index (χ3v) is 4.54. The Balaban J connectivity index is 1.73. The second kappa shape index (κ2) is 6.71. The molecule has 1 saturated heterocycles. The molecule has 4 heteroatoms. The van der Waals surface area contributed by atoms with Gasteiger partial charge in [0, 0.05) is 26.3 Å². The summed E-state index contributed by atoms with van der Waals surface area (Å²) in [5.74, 6) is 0.734. The fourth-order valence-electron chi connectivity index (χ4n) is 3.24. The van der Waals surface area contributed by atoms with Crippen molar-refractivity contribution >= 4 is 5.91 Å². The number of hydrogen-bond acceptors (Lipinski definition) is 3. The van der Waals surface area contributed by atoms with E-state index in [1.165, 1.54) is 0 Å². The van der Waals surface area contributed by atoms with Gasteiger partial charge in [-0.3, -0.25) is 4.79 Å². The van der Waals surface area contributed by atoms with Crippen LogP contribution < -0.4 is 0 Å². The molecule has 0 aromatic rings. The van der Waals surface area contributed by atoms with Crippen LogP contribution in [0.25, 0.3) is 0 Å². The fourth-order valence-corrected chi connectivity index (χ4v) is 3.24. The molecule has 1 saturated carbocycles. The van der Waals surface area contributed by atoms with Crippen molar-refractivity contribution in [3.8, 4) is 0 Å². The lowest BCUT2D eigenvalue weighted by atomic mass is 9.94. The molecule has 0 unspecified atom stereocenters. The average Bonchev–Trinajstić information content (AvgIpc) is 2.83. The van der Waals surface area contributed by atoms with Gasteiger partial charge in [0.05, 0.1) is 12.0 Å². The minimum absolute atomic E-state index is 0.138. The molecule has 0 atom stereocenters. The first kappa shape index (κ1) is 14.8. The first-order valence-electron chi connectivity index (χ1n) is 7.71. The van der Waals surface area contributed by atoms with Crippen molar-refractivity contribution in [3.05, 3.63) is 0 Å². The highest BCUT2D eigenvalue weighted by Crippen LogP contribution is 2.33. The summed E-state index contributed by atoms with van der Waals surface area (Å²) in [5.41, 5.74) is -0.709. The topological polar surface area (TPSA) is 49.8 Å². The van der Waals surface area contributed by atoms with Gasteiger partial charge in [-0.2, -0.15) is 0 Å². The molecule has 0 spiro atoms. The summed E-state index contributed by atoms with van der Waals surface area (Å²) < 4.78 is 5.45. The standard InChI is InChI=1S/C15H27NO3/c1-2-19-12-13-5-9-16(10-6-13)14(17)11-15(18)7-3-4-8-15/h13,18H,2-12H2,1H3. The molecule has 1 aliphatic heterocycles. The molecule has 2 aliphatic rings. The van der Waals surface area contributed by atoms with E-state index >= 15 is 0 Å². The number of aliphatic hydroxyl groups is 1. The van der Waals surface area contributed by atoms with E-state index in [2.05, 4.69) is 0 Å². The van der Waals surface area contributed by atoms with Crippen LogP contribution in [0.3, 0.4) is 0 Å². The van der Waals surface area contributed by atoms with E-state index in [-0.39, 0.29) is 5.91 Å². The minimum atomic E-state index is -0.709. The number of nitrogens with zero attached hydrogens (tertiary/aromatic N) is 1. The molecule has 19 heavy (non-hydrogen) atoms. The molecule has 2 fully saturated rings. The van der Waals surface area contributed by atoms with Gasteiger partial charge in [0.15, 0.2) is 0 Å². The van der Waals surface area contributed by atoms with Gasteiger partial charge in [0.2, 0.25) is 5.91 Å². The molecule has 1 amide bonds. The number of rotatable bonds is 5. The Morgan fingerprint density at radius 2 is 1.95 bits per heavy atom. The zero-order chi connectivity index (χ0) is 13.7. The van der Waals surface area contributed by atoms with Crippen molar-refractivity contribution in [2.45, 2.75) is 57.5 Å². The number of piperidine rings is 1. The maximum atomic E-state index is 12.2. The Kier molecular flexibility index (Phi) is 5.22. The lowest BCUT2D eigenvalue weighted by molar-refractivity contribution is -0.138. The summed E-state index contributed by atoms with van der Waals surface area (Å²) in [4.78, 5) is 14.1. The predicted octanol–water partition coefficient (Wildman–Crippen LogP) is 1.96. The van der Waals surface area contributed by atoms with Crippen LogP contribution in [0.1, 0.15) is 51.9 Å². The normalized spacial score (nSPS) is 23.8. The van der Waals surface area contributed by atoms with E-state index in [0.717, 1.165) is 64.8 Å². The third-order valence-electron chi connectivity index (χ3n) is 4.54. The quantitative estimate of drug-likeness (QED) is 0.830. The molecule has 0 bridgehead atoms. The predicted molar refractivity (Wildman–Crippen MR) is 73.8 cm³/mol. The molecule has 0 radical (unpaired) electrons. The summed E-state index contributed by atoms with van der Waals surface area (Å²) >= 11 is 0. The summed E-state index contributed by atoms with van der Waals surface area (Å²) in [7, 11) is 0. The third kappa shape index (κ3) is 4.18. The van der Waals surface area contributed by atoms with Gasteiger partial charge in [-0.15, -0.1) is 0 Å². The van der Waals surface area contributed by atoms with Gasteiger partial charge in [-0.1, -0.05) is 12.8 Å². The first-order chi connectivity index (χ1) is 9.13. The van der Waals surface area contributed by atoms with Crippen LogP contribution in [-0.2, 0) is 9.53 Å². The summed E-state index contributed by atoms with van der Waals surface area (Å²) in [5, 5.41) is 10.3. The summed E-state index contributed by atoms with van der Waals surface area (Å²) in [6.07, 6.45) is 6.08. The summed E-state index contributed by atoms with van der Waals surface area (Å²) in [6, 6.07) is 0. The molecule has 0 aromatic carbocycles. The van der Waals surface area contributed by atoms with Gasteiger partial charge in [0.1, 0.15) is 0 Å². The molecule has 1 aliphatic carbocycles. The van der Waals surface area contributed by atoms with Crippen molar-refractivity contribution in [1.29, 1.82) is 0 Å². The maximum absolute atomic E-state index is 12.2. The number of ether oxygens (including phenoxy) is 1. The first-order valence-corrected chi connectivity index (χ1v) is 7.71. The van der Waals surface area contributed by atoms with Gasteiger partial charge in [0.25, 0.3) is 0 Å². The van der Waals surface area contributed by atoms with Gasteiger partial charge in [-0.25, -0.2) is 0 Å². The van der Waals surface area contributed by atoms with E-state index in [0.29, 0.717) is 12.3 Å². The van der Waals surface area contributed by atoms with E-state index in [9.17, 15) is 9.90 Å². The highest BCUT2D eigenvalue weighted by atomic mass is 16.5. The maximum Gasteiger partial charge on any atom is 0.225 e. The Morgan fingerprint density at radius 3 is 2.53 bits per heavy atom. The Hall–Kier alpha value is -0.610. The van der Waals surface area contributed by atoms with Crippen molar-refractivity contribution in [1.82, 2.24) is 4.90 Å². The van der Waals surface area contributed by atoms with Crippen molar-refractivity contribution in [2.75, 3.05) is 26.3 Å². The van der Waals surface area contributed by atoms with E-state index < -0.39 is 5.60 Å². The van der Waals surface area contributed by atoms with E-state index in [4.69, 9.17) is 4.74 Å². The second-order valence-electron chi connectivity index (χ2n) is 6.09. The number of hydrogen-bond donors (Lipinski definition) is 1. The van der Waals surface area contributed by atoms with Gasteiger partial charge >= 0.3 is 0 Å². The Labute approximate surface area is 116 Å². The SMILES string of the molecule is CCOCC1CCN(C(=O)CC2(O)CCCC2)CC1. The van der Waals surface area contributed by atoms with Crippen LogP contribution in [-0.4, -0.2) is 47.8 Å². The fraction of sp³-hybridized carbons (Fsp3) is 0.933. The van der Waals surface area contributed by atoms with Crippen LogP contribution in [0.5, 0.6) is 0 Å². The molecule has 1 N–H and O–H groups in total. The van der Waals surface area contributed by atoms with Crippen LogP contribution in [0.2, 0.25) is 0 Å². The molecular formula is C15H27NO3. The number of carbonyl (C=O) groups excluding carboxylic acids is 1. The largest absolute Gasteiger partial charge is 0.389 e. The smallest absolute Gasteiger partial charge is 0.225 e. The van der Waals surface area contributed by atoms with Crippen molar-refractivity contribution in [3.63, 3.8) is 0 Å². The second-order valence-corrected chi connectivity index (χ2v) is 6.09. The van der Waals surface area contributed by atoms with E-state index in [1.807, 2.05) is 11.8 Å². The number of likely N-dealkylation sites (tertiary alicyclic amines) is 1. The zero-order valence-electron chi connectivity index (χ0n) is 12.1. The molecule has 1 heterocycles. The van der Waals surface area contributed by atoms with Crippen LogP contribution in [0, 0.1) is 5.92 Å². The molecule has 0 aromatic heterocycles. The Bertz CT molecular complexity index is 292. The summed E-state index contributed by atoms with van der Waals surface area (Å²) in [6.45, 7) is 5.26. The molecule has 4 nitrogen and oxygen atoms in total. The monoisotopic (exact) mass is 269 g/mol. The minimum Gasteiger partial charge on any atom is -0.389 e. The van der Waals surface area contributed by atoms with Crippen molar-refractivity contribution in [2.24, 2.45) is 5.92 Å². The van der Waals surface area contributed by atoms with Crippen LogP contribution >= 0.6 is 0 Å². The lowest BCUT2D eigenvalue weighted by Crippen LogP contribution is -2.42. The Morgan fingerprint density at radius 1 is 1.32 bits per heavy atom. The lowest BCUT2D eigenvalue weighted by Gasteiger charge is -2.34. The van der Waals surface area contributed by atoms with Gasteiger partial charge < -0.3 is 14.7 Å². The van der Waals surface area contributed by atoms with Crippen molar-refractivity contribution < 1.29 is 14.6 Å². The average molecular weight is 269 g/mol. The highest BCUT2D eigenvalue weighted by molar-refractivity contribution is 5.77.